The number of halogens is 1. The predicted molar refractivity (Wildman–Crippen MR) is 264 cm³/mol. The molecule has 2 aromatic carbocycles. The molecule has 2 saturated heterocycles. The summed E-state index contributed by atoms with van der Waals surface area (Å²) in [7, 11) is 4.42. The van der Waals surface area contributed by atoms with E-state index in [9.17, 15) is 38.7 Å². The van der Waals surface area contributed by atoms with Gasteiger partial charge in [-0.15, -0.1) is 0 Å². The molecule has 21 nitrogen and oxygen atoms in total. The van der Waals surface area contributed by atoms with Gasteiger partial charge in [0.1, 0.15) is 40.7 Å². The topological polar surface area (TPSA) is 291 Å². The molecule has 3 aliphatic heterocycles. The van der Waals surface area contributed by atoms with Crippen LogP contribution in [0.3, 0.4) is 0 Å². The van der Waals surface area contributed by atoms with Crippen LogP contribution < -0.4 is 47.3 Å². The van der Waals surface area contributed by atoms with Gasteiger partial charge in [0.05, 0.1) is 31.2 Å². The van der Waals surface area contributed by atoms with Crippen molar-refractivity contribution >= 4 is 70.5 Å². The van der Waals surface area contributed by atoms with E-state index in [2.05, 4.69) is 31.9 Å². The van der Waals surface area contributed by atoms with Crippen LogP contribution in [0.1, 0.15) is 72.8 Å². The summed E-state index contributed by atoms with van der Waals surface area (Å²) in [6.45, 7) is 10.6. The van der Waals surface area contributed by atoms with Crippen LogP contribution in [-0.4, -0.2) is 123 Å². The highest BCUT2D eigenvalue weighted by Gasteiger charge is 2.64. The SMILES string of the molecule is COc1cc2cc(c1Cl)N(C)C(=O)C[C@H](OC(=O)Nc1ccc(NC(=O)[C@H](CCCNC(N)=O)NC(=O)[C@@H](CNC(C)=O)C(C)C)cc1)[C@]1(C)O[C@H]1[C@H](C)[C@@H]1C[C@@](O)(NC(=O)O1)[C@H](OC)/C=C/C=C(\C)C2. The van der Waals surface area contributed by atoms with Gasteiger partial charge >= 0.3 is 18.2 Å². The number of rotatable bonds is 15. The molecule has 22 heteroatoms. The number of aliphatic hydroxyl groups is 1. The monoisotopic (exact) mass is 1010 g/mol. The first kappa shape index (κ1) is 55.5. The Balaban J connectivity index is 1.37. The summed E-state index contributed by atoms with van der Waals surface area (Å²) in [5.74, 6) is -2.87. The van der Waals surface area contributed by atoms with Crippen LogP contribution in [0.4, 0.5) is 31.4 Å². The Morgan fingerprint density at radius 3 is 2.34 bits per heavy atom. The van der Waals surface area contributed by atoms with Crippen LogP contribution in [0.15, 0.2) is 60.2 Å². The summed E-state index contributed by atoms with van der Waals surface area (Å²) in [6.07, 6.45) is -0.120. The van der Waals surface area contributed by atoms with Gasteiger partial charge in [0, 0.05) is 57.9 Å². The molecule has 0 aliphatic carbocycles. The second-order valence-electron chi connectivity index (χ2n) is 18.7. The second-order valence-corrected chi connectivity index (χ2v) is 19.0. The second kappa shape index (κ2) is 24.1. The molecule has 0 radical (unpaired) electrons. The number of amides is 8. The maximum absolute atomic E-state index is 14.3. The van der Waals surface area contributed by atoms with E-state index < -0.39 is 89.6 Å². The lowest BCUT2D eigenvalue weighted by atomic mass is 9.83. The van der Waals surface area contributed by atoms with Crippen LogP contribution in [0.5, 0.6) is 5.75 Å². The number of anilines is 3. The van der Waals surface area contributed by atoms with Crippen LogP contribution >= 0.6 is 11.6 Å². The highest BCUT2D eigenvalue weighted by Crippen LogP contribution is 2.49. The number of benzene rings is 2. The molecule has 4 bridgehead atoms. The van der Waals surface area contributed by atoms with Gasteiger partial charge in [-0.1, -0.05) is 56.2 Å². The van der Waals surface area contributed by atoms with Crippen LogP contribution in [-0.2, 0) is 44.5 Å². The molecule has 71 heavy (non-hydrogen) atoms. The number of methoxy groups -OCH3 is 2. The van der Waals surface area contributed by atoms with E-state index >= 15 is 0 Å². The molecule has 8 amide bonds. The van der Waals surface area contributed by atoms with Gasteiger partial charge in [0.2, 0.25) is 23.6 Å². The number of hydrogen-bond acceptors (Lipinski definition) is 13. The number of fused-ring (bicyclic) bond motifs is 5. The Labute approximate surface area is 418 Å². The third-order valence-electron chi connectivity index (χ3n) is 12.9. The van der Waals surface area contributed by atoms with Gasteiger partial charge in [-0.3, -0.25) is 29.8 Å². The molecule has 9 atom stereocenters. The highest BCUT2D eigenvalue weighted by molar-refractivity contribution is 6.35. The van der Waals surface area contributed by atoms with E-state index in [1.807, 2.05) is 26.8 Å². The number of alkyl carbamates (subject to hydrolysis) is 1. The smallest absolute Gasteiger partial charge is 0.412 e. The van der Waals surface area contributed by atoms with Gasteiger partial charge in [-0.05, 0) is 81.0 Å². The van der Waals surface area contributed by atoms with Crippen molar-refractivity contribution in [3.05, 3.63) is 70.8 Å². The van der Waals surface area contributed by atoms with Gasteiger partial charge in [-0.25, -0.2) is 14.4 Å². The van der Waals surface area contributed by atoms with Crippen LogP contribution in [0, 0.1) is 17.8 Å². The van der Waals surface area contributed by atoms with E-state index in [-0.39, 0.29) is 54.9 Å². The number of nitrogens with two attached hydrogens (primary N) is 1. The molecule has 0 unspecified atom stereocenters. The van der Waals surface area contributed by atoms with E-state index in [1.54, 1.807) is 45.2 Å². The van der Waals surface area contributed by atoms with Crippen molar-refractivity contribution in [3.8, 4) is 5.75 Å². The molecule has 5 rings (SSSR count). The lowest BCUT2D eigenvalue weighted by Crippen LogP contribution is -2.63. The first-order valence-electron chi connectivity index (χ1n) is 23.3. The quantitative estimate of drug-likeness (QED) is 0.0892. The van der Waals surface area contributed by atoms with Crippen LogP contribution in [0.25, 0.3) is 0 Å². The van der Waals surface area contributed by atoms with Crippen molar-refractivity contribution < 1.29 is 62.4 Å². The molecule has 3 aliphatic rings. The van der Waals surface area contributed by atoms with E-state index in [4.69, 9.17) is 41.0 Å². The number of epoxide rings is 1. The summed E-state index contributed by atoms with van der Waals surface area (Å²) >= 11 is 6.80. The zero-order chi connectivity index (χ0) is 52.4. The minimum absolute atomic E-state index is 0.0683. The maximum atomic E-state index is 14.3. The molecular formula is C49H67ClN8O13. The minimum Gasteiger partial charge on any atom is -0.495 e. The number of ether oxygens (including phenoxy) is 5. The summed E-state index contributed by atoms with van der Waals surface area (Å²) in [5, 5.41) is 27.9. The van der Waals surface area contributed by atoms with E-state index in [1.165, 1.54) is 50.3 Å². The molecule has 2 fully saturated rings. The molecule has 0 aromatic heterocycles. The van der Waals surface area contributed by atoms with Crippen molar-refractivity contribution in [1.29, 1.82) is 0 Å². The Morgan fingerprint density at radius 1 is 1.04 bits per heavy atom. The molecule has 0 saturated carbocycles. The number of urea groups is 1. The average Bonchev–Trinajstić information content (AvgIpc) is 4.00. The van der Waals surface area contributed by atoms with Gasteiger partial charge in [0.15, 0.2) is 5.72 Å². The maximum Gasteiger partial charge on any atom is 0.412 e. The Hall–Kier alpha value is -6.42. The fraction of sp³-hybridized carbons (Fsp3) is 0.531. The lowest BCUT2D eigenvalue weighted by Gasteiger charge is -2.42. The van der Waals surface area contributed by atoms with Crippen molar-refractivity contribution in [2.24, 2.45) is 23.5 Å². The summed E-state index contributed by atoms with van der Waals surface area (Å²) in [4.78, 5) is 92.3. The Morgan fingerprint density at radius 2 is 1.72 bits per heavy atom. The number of nitrogens with zero attached hydrogens (tertiary/aromatic N) is 1. The zero-order valence-electron chi connectivity index (χ0n) is 41.5. The molecule has 9 N–H and O–H groups in total. The largest absolute Gasteiger partial charge is 0.495 e. The standard InChI is InChI=1S/C49H67ClN8O13/c1-26(2)33(25-53-29(5)59)43(61)56-34(13-11-19-52-45(51)63)44(62)54-31-15-17-32(18-16-31)55-46(64)70-39-23-40(60)58(7)35-21-30(22-36(67-8)41(35)50)20-27(3)12-10-14-38(68-9)49(66)24-37(69-47(65)57-49)28(4)42-48(39,6)71-42/h10,12,14-18,21-22,26,28,33-34,37-39,42,66H,11,13,19-20,23-25H2,1-9H3,(H,53,59)(H,54,62)(H,55,64)(H,56,61)(H,57,65)(H3,51,52,63)/b14-10+,27-12+/t28-,33+,34+,37+,38-,39+,42+,48+,49+/m1/s1. The number of carbonyl (C=O) groups is 7. The fourth-order valence-electron chi connectivity index (χ4n) is 8.70. The third kappa shape index (κ3) is 14.6. The van der Waals surface area contributed by atoms with E-state index in [0.29, 0.717) is 30.0 Å². The van der Waals surface area contributed by atoms with Crippen molar-refractivity contribution in [1.82, 2.24) is 21.3 Å². The first-order valence-corrected chi connectivity index (χ1v) is 23.7. The summed E-state index contributed by atoms with van der Waals surface area (Å²) in [5.41, 5.74) is 4.59. The average molecular weight is 1010 g/mol. The van der Waals surface area contributed by atoms with Gasteiger partial charge < -0.3 is 60.7 Å². The highest BCUT2D eigenvalue weighted by atomic mass is 35.5. The normalized spacial score (nSPS) is 26.4. The number of hydrogen-bond donors (Lipinski definition) is 8. The fourth-order valence-corrected chi connectivity index (χ4v) is 9.01. The Bertz CT molecular complexity index is 2370. The van der Waals surface area contributed by atoms with E-state index in [0.717, 1.165) is 11.1 Å². The first-order chi connectivity index (χ1) is 33.5. The molecule has 0 spiro atoms. The molecule has 3 heterocycles. The number of allylic oxidation sites excluding steroid dienone is 3. The van der Waals surface area contributed by atoms with Gasteiger partial charge in [-0.2, -0.15) is 0 Å². The summed E-state index contributed by atoms with van der Waals surface area (Å²) < 4.78 is 29.3. The van der Waals surface area contributed by atoms with Crippen molar-refractivity contribution in [2.75, 3.05) is 49.9 Å². The minimum atomic E-state index is -1.88. The molecule has 2 aromatic rings. The van der Waals surface area contributed by atoms with Crippen molar-refractivity contribution in [3.63, 3.8) is 0 Å². The summed E-state index contributed by atoms with van der Waals surface area (Å²) in [6, 6.07) is 7.80. The van der Waals surface area contributed by atoms with Crippen LogP contribution in [0.2, 0.25) is 5.02 Å². The molecular weight excluding hydrogens is 944 g/mol. The lowest BCUT2D eigenvalue weighted by molar-refractivity contribution is -0.142. The number of carbonyl (C=O) groups excluding carboxylic acids is 7. The number of nitrogens with one attached hydrogen (secondary N) is 6. The predicted octanol–water partition coefficient (Wildman–Crippen LogP) is 4.65. The van der Waals surface area contributed by atoms with Crippen molar-refractivity contribution in [2.45, 2.75) is 115 Å². The van der Waals surface area contributed by atoms with Gasteiger partial charge in [0.25, 0.3) is 0 Å². The Kier molecular flexibility index (Phi) is 18.9. The zero-order valence-corrected chi connectivity index (χ0v) is 42.3. The third-order valence-corrected chi connectivity index (χ3v) is 13.3. The molecule has 388 valence electrons. The number of primary amides is 1.